The topological polar surface area (TPSA) is 151 Å². The first-order valence-corrected chi connectivity index (χ1v) is 12.1. The van der Waals surface area contributed by atoms with Crippen molar-refractivity contribution in [2.75, 3.05) is 30.5 Å². The highest BCUT2D eigenvalue weighted by Crippen LogP contribution is 2.37. The van der Waals surface area contributed by atoms with Crippen LogP contribution >= 0.6 is 0 Å². The fourth-order valence-electron chi connectivity index (χ4n) is 3.69. The Morgan fingerprint density at radius 3 is 2.13 bits per heavy atom. The molecule has 2 aromatic carbocycles. The van der Waals surface area contributed by atoms with Crippen molar-refractivity contribution < 1.29 is 37.8 Å². The van der Waals surface area contributed by atoms with Crippen LogP contribution in [0.1, 0.15) is 46.5 Å². The molecule has 0 radical (unpaired) electrons. The van der Waals surface area contributed by atoms with Crippen molar-refractivity contribution in [2.45, 2.75) is 20.8 Å². The number of carbonyl (C=O) groups is 4. The molecule has 202 valence electrons. The molecule has 0 aliphatic heterocycles. The summed E-state index contributed by atoms with van der Waals surface area (Å²) in [7, 11) is 0. The first-order chi connectivity index (χ1) is 18.9. The molecule has 0 unspecified atom stereocenters. The van der Waals surface area contributed by atoms with Crippen molar-refractivity contribution >= 4 is 46.1 Å². The van der Waals surface area contributed by atoms with Gasteiger partial charge in [0.1, 0.15) is 17.8 Å². The van der Waals surface area contributed by atoms with Crippen LogP contribution in [0.3, 0.4) is 0 Å². The van der Waals surface area contributed by atoms with Gasteiger partial charge >= 0.3 is 11.9 Å². The summed E-state index contributed by atoms with van der Waals surface area (Å²) >= 11 is 0. The smallest absolute Gasteiger partial charge is 0.397 e. The number of anilines is 2. The number of fused-ring (bicyclic) bond motifs is 1. The van der Waals surface area contributed by atoms with E-state index in [0.717, 1.165) is 4.57 Å². The Kier molecular flexibility index (Phi) is 8.24. The zero-order valence-corrected chi connectivity index (χ0v) is 21.5. The number of aromatic nitrogens is 2. The summed E-state index contributed by atoms with van der Waals surface area (Å²) in [6, 6.07) is 10.7. The van der Waals surface area contributed by atoms with E-state index in [2.05, 4.69) is 15.6 Å². The zero-order chi connectivity index (χ0) is 27.9. The maximum Gasteiger partial charge on any atom is 0.397 e. The van der Waals surface area contributed by atoms with Gasteiger partial charge in [0, 0.05) is 17.7 Å². The monoisotopic (exact) mass is 534 g/mol. The molecule has 12 nitrogen and oxygen atoms in total. The number of nitrogens with one attached hydrogen (secondary N) is 2. The van der Waals surface area contributed by atoms with Gasteiger partial charge in [0.25, 0.3) is 11.8 Å². The molecule has 39 heavy (non-hydrogen) atoms. The van der Waals surface area contributed by atoms with Crippen LogP contribution in [-0.4, -0.2) is 53.1 Å². The Morgan fingerprint density at radius 1 is 0.872 bits per heavy atom. The number of carbonyl (C=O) groups excluding carboxylic acids is 4. The van der Waals surface area contributed by atoms with E-state index < -0.39 is 23.7 Å². The minimum Gasteiger partial charge on any atom is -0.492 e. The molecule has 0 fully saturated rings. The number of ether oxygens (including phenoxy) is 3. The Balaban J connectivity index is 1.64. The van der Waals surface area contributed by atoms with E-state index in [9.17, 15) is 19.2 Å². The third kappa shape index (κ3) is 5.90. The molecule has 4 rings (SSSR count). The molecule has 0 bridgehead atoms. The van der Waals surface area contributed by atoms with E-state index in [-0.39, 0.29) is 41.5 Å². The summed E-state index contributed by atoms with van der Waals surface area (Å²) in [6.07, 6.45) is 2.59. The molecule has 0 aliphatic rings. The van der Waals surface area contributed by atoms with Crippen molar-refractivity contribution in [3.8, 4) is 11.5 Å². The third-order valence-corrected chi connectivity index (χ3v) is 5.40. The number of esters is 1. The fourth-order valence-corrected chi connectivity index (χ4v) is 3.69. The van der Waals surface area contributed by atoms with Crippen molar-refractivity contribution in [3.05, 3.63) is 66.4 Å². The van der Waals surface area contributed by atoms with Gasteiger partial charge in [-0.2, -0.15) is 0 Å². The van der Waals surface area contributed by atoms with Crippen molar-refractivity contribution in [2.24, 2.45) is 0 Å². The van der Waals surface area contributed by atoms with Crippen LogP contribution in [0.5, 0.6) is 11.5 Å². The maximum absolute atomic E-state index is 13.2. The largest absolute Gasteiger partial charge is 0.492 e. The lowest BCUT2D eigenvalue weighted by molar-refractivity contribution is -0.138. The molecule has 12 heteroatoms. The predicted octanol–water partition coefficient (Wildman–Crippen LogP) is 4.13. The summed E-state index contributed by atoms with van der Waals surface area (Å²) in [5, 5.41) is 5.52. The average Bonchev–Trinajstić information content (AvgIpc) is 3.61. The molecule has 2 aromatic heterocycles. The fraction of sp³-hybridized carbons (Fsp3) is 0.222. The van der Waals surface area contributed by atoms with Crippen LogP contribution in [0, 0.1) is 0 Å². The van der Waals surface area contributed by atoms with Gasteiger partial charge in [0.05, 0.1) is 48.5 Å². The molecule has 2 N–H and O–H groups in total. The van der Waals surface area contributed by atoms with E-state index in [1.807, 2.05) is 0 Å². The van der Waals surface area contributed by atoms with Gasteiger partial charge in [-0.25, -0.2) is 9.78 Å². The molecular formula is C27H26N4O8. The lowest BCUT2D eigenvalue weighted by atomic mass is 10.1. The van der Waals surface area contributed by atoms with E-state index in [4.69, 9.17) is 18.6 Å². The number of amides is 2. The number of rotatable bonds is 9. The summed E-state index contributed by atoms with van der Waals surface area (Å²) in [4.78, 5) is 54.3. The molecule has 0 atom stereocenters. The number of benzene rings is 2. The summed E-state index contributed by atoms with van der Waals surface area (Å²) in [5.74, 6) is -2.27. The molecule has 0 aliphatic carbocycles. The third-order valence-electron chi connectivity index (χ3n) is 5.40. The second kappa shape index (κ2) is 11.9. The first-order valence-electron chi connectivity index (χ1n) is 12.1. The molecule has 2 amide bonds. The average molecular weight is 535 g/mol. The highest BCUT2D eigenvalue weighted by atomic mass is 16.5. The minimum atomic E-state index is -1.03. The summed E-state index contributed by atoms with van der Waals surface area (Å²) in [6.45, 7) is 5.76. The van der Waals surface area contributed by atoms with Crippen molar-refractivity contribution in [1.82, 2.24) is 9.55 Å². The number of nitrogens with zero attached hydrogens (tertiary/aromatic N) is 2. The number of hydrogen-bond donors (Lipinski definition) is 2. The lowest BCUT2D eigenvalue weighted by Gasteiger charge is -2.17. The summed E-state index contributed by atoms with van der Waals surface area (Å²) < 4.78 is 22.4. The Hall–Kier alpha value is -5.13. The van der Waals surface area contributed by atoms with Gasteiger partial charge in [-0.05, 0) is 51.1 Å². The SMILES string of the molecule is CCOC(=O)C(=O)n1cnc2ccc(C(=O)Nc3cc(OCC)c(NC(=O)c4ccco4)cc3OCC)cc21. The van der Waals surface area contributed by atoms with E-state index in [1.165, 1.54) is 36.9 Å². The maximum atomic E-state index is 13.2. The summed E-state index contributed by atoms with van der Waals surface area (Å²) in [5.41, 5.74) is 1.47. The molecule has 0 spiro atoms. The van der Waals surface area contributed by atoms with E-state index in [1.54, 1.807) is 39.0 Å². The second-order valence-electron chi connectivity index (χ2n) is 7.94. The first kappa shape index (κ1) is 26.9. The lowest BCUT2D eigenvalue weighted by Crippen LogP contribution is -2.23. The Morgan fingerprint density at radius 2 is 1.54 bits per heavy atom. The Labute approximate surface area is 222 Å². The zero-order valence-electron chi connectivity index (χ0n) is 21.5. The van der Waals surface area contributed by atoms with E-state index in [0.29, 0.717) is 23.6 Å². The van der Waals surface area contributed by atoms with Gasteiger partial charge in [-0.15, -0.1) is 0 Å². The van der Waals surface area contributed by atoms with Gasteiger partial charge in [0.15, 0.2) is 5.76 Å². The number of hydrogen-bond acceptors (Lipinski definition) is 9. The van der Waals surface area contributed by atoms with Crippen LogP contribution in [0.15, 0.2) is 59.5 Å². The normalized spacial score (nSPS) is 10.6. The highest BCUT2D eigenvalue weighted by molar-refractivity contribution is 6.34. The van der Waals surface area contributed by atoms with Crippen LogP contribution in [-0.2, 0) is 9.53 Å². The second-order valence-corrected chi connectivity index (χ2v) is 7.94. The number of imidazole rings is 1. The predicted molar refractivity (Wildman–Crippen MR) is 140 cm³/mol. The van der Waals surface area contributed by atoms with Gasteiger partial charge in [-0.1, -0.05) is 0 Å². The minimum absolute atomic E-state index is 0.0437. The molecule has 0 saturated carbocycles. The molecular weight excluding hydrogens is 508 g/mol. The quantitative estimate of drug-likeness (QED) is 0.238. The van der Waals surface area contributed by atoms with Crippen LogP contribution in [0.2, 0.25) is 0 Å². The van der Waals surface area contributed by atoms with Crippen LogP contribution < -0.4 is 20.1 Å². The van der Waals surface area contributed by atoms with E-state index >= 15 is 0 Å². The van der Waals surface area contributed by atoms with Crippen molar-refractivity contribution in [1.29, 1.82) is 0 Å². The van der Waals surface area contributed by atoms with Gasteiger partial charge in [0.2, 0.25) is 0 Å². The molecule has 4 aromatic rings. The van der Waals surface area contributed by atoms with Gasteiger partial charge in [-0.3, -0.25) is 19.0 Å². The Bertz CT molecular complexity index is 1520. The molecule has 2 heterocycles. The van der Waals surface area contributed by atoms with Crippen LogP contribution in [0.25, 0.3) is 11.0 Å². The van der Waals surface area contributed by atoms with Gasteiger partial charge < -0.3 is 29.3 Å². The standard InChI is InChI=1S/C27H26N4O8/c1-4-36-22-14-19(30-25(33)21-8-7-11-39-21)23(37-5-2)13-18(22)29-24(32)16-9-10-17-20(12-16)31(15-28-17)26(34)27(35)38-6-3/h7-15H,4-6H2,1-3H3,(H,29,32)(H,30,33). The highest BCUT2D eigenvalue weighted by Gasteiger charge is 2.22. The number of furan rings is 1. The molecule has 0 saturated heterocycles. The van der Waals surface area contributed by atoms with Crippen molar-refractivity contribution in [3.63, 3.8) is 0 Å². The van der Waals surface area contributed by atoms with Crippen LogP contribution in [0.4, 0.5) is 11.4 Å².